The summed E-state index contributed by atoms with van der Waals surface area (Å²) in [5.41, 5.74) is 1.84. The van der Waals surface area contributed by atoms with Gasteiger partial charge >= 0.3 is 6.03 Å². The molecule has 4 aliphatic rings. The first kappa shape index (κ1) is 23.1. The lowest BCUT2D eigenvalue weighted by Gasteiger charge is -2.57. The predicted octanol–water partition coefficient (Wildman–Crippen LogP) is 3.20. The molecule has 0 aromatic carbocycles. The quantitative estimate of drug-likeness (QED) is 0.616. The predicted molar refractivity (Wildman–Crippen MR) is 121 cm³/mol. The van der Waals surface area contributed by atoms with Crippen molar-refractivity contribution in [2.24, 2.45) is 23.2 Å². The minimum atomic E-state index is 0.0448. The Morgan fingerprint density at radius 3 is 2.50 bits per heavy atom. The molecule has 1 saturated heterocycles. The van der Waals surface area contributed by atoms with Crippen molar-refractivity contribution in [3.05, 3.63) is 11.6 Å². The van der Waals surface area contributed by atoms with Crippen LogP contribution in [0.1, 0.15) is 53.9 Å². The molecule has 2 unspecified atom stereocenters. The van der Waals surface area contributed by atoms with E-state index < -0.39 is 0 Å². The van der Waals surface area contributed by atoms with Gasteiger partial charge in [-0.3, -0.25) is 9.69 Å². The van der Waals surface area contributed by atoms with Crippen LogP contribution in [0.5, 0.6) is 0 Å². The molecule has 4 rings (SSSR count). The average molecular weight is 419 g/mol. The Balaban J connectivity index is 1.51. The van der Waals surface area contributed by atoms with E-state index in [9.17, 15) is 9.59 Å². The maximum atomic E-state index is 12.7. The van der Waals surface area contributed by atoms with Gasteiger partial charge in [-0.15, -0.1) is 0 Å². The lowest BCUT2D eigenvalue weighted by atomic mass is 9.49. The third kappa shape index (κ3) is 5.19. The van der Waals surface area contributed by atoms with Crippen molar-refractivity contribution in [1.29, 1.82) is 0 Å². The monoisotopic (exact) mass is 418 g/mol. The number of carbonyl (C=O) groups excluding carboxylic acids is 2. The normalized spacial score (nSPS) is 25.5. The first-order chi connectivity index (χ1) is 14.2. The fraction of sp³-hybridized carbons (Fsp3) is 0.833. The smallest absolute Gasteiger partial charge is 0.317 e. The standard InChI is InChI=1S/C24H42N4O2/c1-6-25-23(30)28(17-19-7-8-20-16-21(19)24(20,4)5)14-11-26-9-12-27(13-10-26)22(29)15-18(2)3/h7,18,20-21H,6,8-17H2,1-5H3,(H,25,30). The molecule has 1 N–H and O–H groups in total. The molecule has 2 atom stereocenters. The summed E-state index contributed by atoms with van der Waals surface area (Å²) in [6.07, 6.45) is 5.48. The summed E-state index contributed by atoms with van der Waals surface area (Å²) >= 11 is 0. The van der Waals surface area contributed by atoms with Gasteiger partial charge in [-0.25, -0.2) is 4.79 Å². The van der Waals surface area contributed by atoms with Crippen molar-refractivity contribution in [1.82, 2.24) is 20.0 Å². The lowest BCUT2D eigenvalue weighted by Crippen LogP contribution is -2.53. The van der Waals surface area contributed by atoms with Crippen LogP contribution in [-0.4, -0.2) is 79.0 Å². The van der Waals surface area contributed by atoms with Crippen LogP contribution in [0.3, 0.4) is 0 Å². The van der Waals surface area contributed by atoms with Crippen molar-refractivity contribution >= 4 is 11.9 Å². The number of nitrogens with one attached hydrogen (secondary N) is 1. The van der Waals surface area contributed by atoms with Crippen LogP contribution in [0.15, 0.2) is 11.6 Å². The van der Waals surface area contributed by atoms with Gasteiger partial charge in [0.15, 0.2) is 0 Å². The van der Waals surface area contributed by atoms with Crippen molar-refractivity contribution in [2.75, 3.05) is 52.4 Å². The van der Waals surface area contributed by atoms with Crippen LogP contribution in [0.4, 0.5) is 4.79 Å². The van der Waals surface area contributed by atoms with Gasteiger partial charge in [0.25, 0.3) is 0 Å². The van der Waals surface area contributed by atoms with E-state index in [1.54, 1.807) is 0 Å². The summed E-state index contributed by atoms with van der Waals surface area (Å²) in [5, 5.41) is 3.00. The van der Waals surface area contributed by atoms with E-state index in [1.807, 2.05) is 16.7 Å². The minimum Gasteiger partial charge on any atom is -0.340 e. The SMILES string of the molecule is CCNC(=O)N(CCN1CCN(C(=O)CC(C)C)CC1)CC1=CCC2CC1C2(C)C. The van der Waals surface area contributed by atoms with Gasteiger partial charge in [0, 0.05) is 58.8 Å². The molecular formula is C24H42N4O2. The Bertz CT molecular complexity index is 650. The number of rotatable bonds is 8. The molecular weight excluding hydrogens is 376 g/mol. The molecule has 170 valence electrons. The van der Waals surface area contributed by atoms with E-state index in [4.69, 9.17) is 0 Å². The fourth-order valence-corrected chi connectivity index (χ4v) is 5.35. The maximum absolute atomic E-state index is 12.7. The molecule has 1 aliphatic heterocycles. The topological polar surface area (TPSA) is 55.9 Å². The second-order valence-electron chi connectivity index (χ2n) is 10.4. The molecule has 0 aromatic rings. The average Bonchev–Trinajstić information content (AvgIpc) is 2.71. The third-order valence-electron chi connectivity index (χ3n) is 7.57. The number of urea groups is 1. The summed E-state index contributed by atoms with van der Waals surface area (Å²) in [4.78, 5) is 31.4. The number of allylic oxidation sites excluding steroid dienone is 1. The van der Waals surface area contributed by atoms with E-state index in [0.29, 0.717) is 30.2 Å². The molecule has 1 saturated carbocycles. The van der Waals surface area contributed by atoms with Crippen LogP contribution in [0, 0.1) is 23.2 Å². The number of carbonyl (C=O) groups is 2. The largest absolute Gasteiger partial charge is 0.340 e. The fourth-order valence-electron chi connectivity index (χ4n) is 5.35. The van der Waals surface area contributed by atoms with Crippen molar-refractivity contribution in [3.63, 3.8) is 0 Å². The van der Waals surface area contributed by atoms with Crippen LogP contribution in [-0.2, 0) is 4.79 Å². The number of fused-ring (bicyclic) bond motifs is 1. The van der Waals surface area contributed by atoms with Gasteiger partial charge in [0.2, 0.25) is 5.91 Å². The molecule has 2 bridgehead atoms. The van der Waals surface area contributed by atoms with Crippen LogP contribution in [0.2, 0.25) is 0 Å². The molecule has 3 amide bonds. The highest BCUT2D eigenvalue weighted by molar-refractivity contribution is 5.76. The van der Waals surface area contributed by atoms with E-state index in [2.05, 4.69) is 44.0 Å². The molecule has 2 fully saturated rings. The number of piperazine rings is 1. The lowest BCUT2D eigenvalue weighted by molar-refractivity contribution is -0.133. The zero-order valence-corrected chi connectivity index (χ0v) is 19.7. The number of amides is 3. The second kappa shape index (κ2) is 9.71. The van der Waals surface area contributed by atoms with Crippen molar-refractivity contribution in [2.45, 2.75) is 53.9 Å². The molecule has 6 heteroatoms. The molecule has 0 radical (unpaired) electrons. The molecule has 1 heterocycles. The van der Waals surface area contributed by atoms with Gasteiger partial charge in [-0.1, -0.05) is 39.3 Å². The summed E-state index contributed by atoms with van der Waals surface area (Å²) in [7, 11) is 0. The van der Waals surface area contributed by atoms with E-state index >= 15 is 0 Å². The van der Waals surface area contributed by atoms with Gasteiger partial charge in [0.1, 0.15) is 0 Å². The van der Waals surface area contributed by atoms with E-state index in [1.165, 1.54) is 12.0 Å². The van der Waals surface area contributed by atoms with Crippen molar-refractivity contribution < 1.29 is 9.59 Å². The Kier molecular flexibility index (Phi) is 7.48. The molecule has 0 spiro atoms. The highest BCUT2D eigenvalue weighted by Gasteiger charge is 2.51. The Labute approximate surface area is 183 Å². The van der Waals surface area contributed by atoms with E-state index in [-0.39, 0.29) is 11.9 Å². The van der Waals surface area contributed by atoms with E-state index in [0.717, 1.165) is 58.2 Å². The highest BCUT2D eigenvalue weighted by Crippen LogP contribution is 2.59. The van der Waals surface area contributed by atoms with Crippen molar-refractivity contribution in [3.8, 4) is 0 Å². The Morgan fingerprint density at radius 2 is 1.93 bits per heavy atom. The molecule has 0 aromatic heterocycles. The first-order valence-corrected chi connectivity index (χ1v) is 11.9. The zero-order valence-electron chi connectivity index (χ0n) is 19.7. The maximum Gasteiger partial charge on any atom is 0.317 e. The molecule has 3 aliphatic carbocycles. The minimum absolute atomic E-state index is 0.0448. The van der Waals surface area contributed by atoms with Gasteiger partial charge in [-0.2, -0.15) is 0 Å². The Morgan fingerprint density at radius 1 is 1.23 bits per heavy atom. The summed E-state index contributed by atoms with van der Waals surface area (Å²) in [6.45, 7) is 17.3. The van der Waals surface area contributed by atoms with Gasteiger partial charge in [0.05, 0.1) is 0 Å². The second-order valence-corrected chi connectivity index (χ2v) is 10.4. The summed E-state index contributed by atoms with van der Waals surface area (Å²) in [6, 6.07) is 0.0448. The Hall–Kier alpha value is -1.56. The molecule has 6 nitrogen and oxygen atoms in total. The van der Waals surface area contributed by atoms with Crippen LogP contribution < -0.4 is 5.32 Å². The zero-order chi connectivity index (χ0) is 21.9. The highest BCUT2D eigenvalue weighted by atomic mass is 16.2. The summed E-state index contributed by atoms with van der Waals surface area (Å²) < 4.78 is 0. The van der Waals surface area contributed by atoms with Crippen LogP contribution >= 0.6 is 0 Å². The first-order valence-electron chi connectivity index (χ1n) is 11.9. The van der Waals surface area contributed by atoms with Gasteiger partial charge in [-0.05, 0) is 42.9 Å². The van der Waals surface area contributed by atoms with Crippen LogP contribution in [0.25, 0.3) is 0 Å². The number of hydrogen-bond donors (Lipinski definition) is 1. The number of nitrogens with zero attached hydrogens (tertiary/aromatic N) is 3. The van der Waals surface area contributed by atoms with Gasteiger partial charge < -0.3 is 15.1 Å². The molecule has 30 heavy (non-hydrogen) atoms. The third-order valence-corrected chi connectivity index (χ3v) is 7.57. The summed E-state index contributed by atoms with van der Waals surface area (Å²) in [5.74, 6) is 2.13. The number of hydrogen-bond acceptors (Lipinski definition) is 3.